The van der Waals surface area contributed by atoms with E-state index in [1.807, 2.05) is 0 Å². The number of phenolic OH excluding ortho intramolecular Hbond substituents is 1. The molecule has 0 saturated carbocycles. The highest BCUT2D eigenvalue weighted by Crippen LogP contribution is 2.26. The fraction of sp³-hybridized carbons (Fsp3) is 0.667. The van der Waals surface area contributed by atoms with Gasteiger partial charge in [0.15, 0.2) is 5.78 Å². The molecule has 1 aromatic rings. The molecule has 3 heterocycles. The van der Waals surface area contributed by atoms with Crippen LogP contribution in [0, 0.1) is 11.8 Å². The molecule has 6 amide bonds. The lowest BCUT2D eigenvalue weighted by Crippen LogP contribution is -2.64. The van der Waals surface area contributed by atoms with Crippen LogP contribution < -0.4 is 26.6 Å². The van der Waals surface area contributed by atoms with Crippen molar-refractivity contribution in [3.05, 3.63) is 29.8 Å². The Hall–Kier alpha value is -5.10. The number of Topliss-reactive ketones (excluding diaryl/α,β-unsaturated/α-hetero) is 1. The van der Waals surface area contributed by atoms with Crippen LogP contribution >= 0.6 is 0 Å². The number of nitrogens with one attached hydrogen (secondary N) is 5. The molecule has 3 saturated heterocycles. The Labute approximate surface area is 350 Å². The van der Waals surface area contributed by atoms with Crippen LogP contribution in [0.25, 0.3) is 0 Å². The van der Waals surface area contributed by atoms with Crippen molar-refractivity contribution < 1.29 is 53.7 Å². The Bertz CT molecular complexity index is 1760. The van der Waals surface area contributed by atoms with Gasteiger partial charge in [-0.15, -0.1) is 0 Å². The van der Waals surface area contributed by atoms with Gasteiger partial charge in [0.1, 0.15) is 29.9 Å². The number of carboxylic acid groups (broad SMARTS) is 1. The van der Waals surface area contributed by atoms with Crippen molar-refractivity contribution in [1.82, 2.24) is 36.4 Å². The number of benzene rings is 1. The number of aliphatic carboxylic acids is 1. The normalized spacial score (nSPS) is 28.7. The lowest BCUT2D eigenvalue weighted by atomic mass is 9.91. The Balaban J connectivity index is 1.83. The van der Waals surface area contributed by atoms with E-state index in [1.165, 1.54) is 24.0 Å². The minimum Gasteiger partial charge on any atom is -0.508 e. The summed E-state index contributed by atoms with van der Waals surface area (Å²) in [6.07, 6.45) is -1.41. The summed E-state index contributed by atoms with van der Waals surface area (Å²) in [7, 11) is 0. The molecule has 18 nitrogen and oxygen atoms in total. The molecule has 8 N–H and O–H groups in total. The van der Waals surface area contributed by atoms with Gasteiger partial charge in [0.05, 0.1) is 36.6 Å². The quantitative estimate of drug-likeness (QED) is 0.174. The third-order valence-corrected chi connectivity index (χ3v) is 11.2. The van der Waals surface area contributed by atoms with Gasteiger partial charge in [-0.05, 0) is 96.9 Å². The summed E-state index contributed by atoms with van der Waals surface area (Å²) < 4.78 is 0. The number of carbonyl (C=O) groups excluding carboxylic acids is 7. The maximum absolute atomic E-state index is 14.6. The van der Waals surface area contributed by atoms with Gasteiger partial charge < -0.3 is 46.8 Å². The number of nitrogens with zero attached hydrogens (tertiary/aromatic N) is 2. The van der Waals surface area contributed by atoms with E-state index >= 15 is 0 Å². The van der Waals surface area contributed by atoms with Crippen molar-refractivity contribution in [3.63, 3.8) is 0 Å². The van der Waals surface area contributed by atoms with E-state index in [4.69, 9.17) is 0 Å². The van der Waals surface area contributed by atoms with Gasteiger partial charge in [-0.1, -0.05) is 26.0 Å². The van der Waals surface area contributed by atoms with Crippen molar-refractivity contribution >= 4 is 47.2 Å². The molecule has 60 heavy (non-hydrogen) atoms. The minimum absolute atomic E-state index is 0.00177. The van der Waals surface area contributed by atoms with Crippen LogP contribution in [0.3, 0.4) is 0 Å². The number of aliphatic hydroxyl groups is 1. The van der Waals surface area contributed by atoms with E-state index in [0.717, 1.165) is 0 Å². The molecule has 3 fully saturated rings. The number of fused-ring (bicyclic) bond motifs is 2. The van der Waals surface area contributed by atoms with Crippen LogP contribution in [-0.2, 0) is 44.8 Å². The molecule has 1 aromatic carbocycles. The third-order valence-electron chi connectivity index (χ3n) is 11.2. The smallest absolute Gasteiger partial charge is 0.305 e. The Morgan fingerprint density at radius 2 is 1.40 bits per heavy atom. The second-order valence-electron chi connectivity index (χ2n) is 17.9. The number of amides is 6. The van der Waals surface area contributed by atoms with E-state index in [1.54, 1.807) is 58.6 Å². The summed E-state index contributed by atoms with van der Waals surface area (Å²) in [6.45, 7) is 12.2. The first kappa shape index (κ1) is 47.6. The lowest BCUT2D eigenvalue weighted by molar-refractivity contribution is -0.143. The monoisotopic (exact) mass is 841 g/mol. The number of carbonyl (C=O) groups is 8. The average molecular weight is 842 g/mol. The topological polar surface area (TPSA) is 264 Å². The summed E-state index contributed by atoms with van der Waals surface area (Å²) in [5, 5.41) is 44.3. The highest BCUT2D eigenvalue weighted by atomic mass is 16.4. The fourth-order valence-electron chi connectivity index (χ4n) is 8.27. The molecule has 0 bridgehead atoms. The zero-order valence-corrected chi connectivity index (χ0v) is 35.7. The summed E-state index contributed by atoms with van der Waals surface area (Å²) in [4.78, 5) is 114. The molecular formula is C42H63N7O11. The number of phenols is 1. The minimum atomic E-state index is -1.64. The van der Waals surface area contributed by atoms with Crippen molar-refractivity contribution in [2.45, 2.75) is 154 Å². The van der Waals surface area contributed by atoms with Gasteiger partial charge in [0, 0.05) is 24.9 Å². The molecule has 3 aliphatic rings. The van der Waals surface area contributed by atoms with E-state index in [0.29, 0.717) is 24.8 Å². The molecule has 18 heteroatoms. The molecule has 0 aliphatic carbocycles. The largest absolute Gasteiger partial charge is 0.508 e. The predicted octanol–water partition coefficient (Wildman–Crippen LogP) is 0.123. The number of hydrogen-bond acceptors (Lipinski definition) is 11. The molecule has 4 rings (SSSR count). The van der Waals surface area contributed by atoms with E-state index in [-0.39, 0.29) is 44.0 Å². The molecule has 0 unspecified atom stereocenters. The maximum Gasteiger partial charge on any atom is 0.305 e. The van der Waals surface area contributed by atoms with Gasteiger partial charge in [-0.2, -0.15) is 0 Å². The number of aromatic hydroxyl groups is 1. The standard InChI is InChI=1S/C42H63N7O11/c1-22(2)18-29-37(56)44-28(21-34(53)54)33(52)20-27(24(4)50)36(55)43-23(3)35(40(59)47-42(5,6)7)48-16-8-10-31(48)38(57)46-30(19-25-12-14-26(51)15-13-25)41(60)49-17-9-11-32(49)39(58)45-29/h12-15,22-24,27-32,35,50-51H,8-11,16-21H2,1-7H3,(H,43,55)(H,44,56)(H,45,58)(H,46,57)(H,47,59)(H,53,54)/t23-,24-,27+,28+,29+,30+,31+,32-,35+/m1/s1. The summed E-state index contributed by atoms with van der Waals surface area (Å²) in [5.74, 6) is -7.84. The first-order valence-corrected chi connectivity index (χ1v) is 20.9. The van der Waals surface area contributed by atoms with Gasteiger partial charge in [-0.3, -0.25) is 43.3 Å². The second-order valence-corrected chi connectivity index (χ2v) is 17.9. The first-order valence-electron chi connectivity index (χ1n) is 20.9. The number of ketones is 1. The molecule has 0 spiro atoms. The second kappa shape index (κ2) is 20.4. The van der Waals surface area contributed by atoms with Crippen molar-refractivity contribution in [2.75, 3.05) is 13.1 Å². The molecule has 3 aliphatic heterocycles. The third kappa shape index (κ3) is 12.7. The molecule has 9 atom stereocenters. The molecular weight excluding hydrogens is 778 g/mol. The number of hydrogen-bond donors (Lipinski definition) is 8. The first-order chi connectivity index (χ1) is 28.1. The van der Waals surface area contributed by atoms with Crippen LogP contribution in [0.15, 0.2) is 24.3 Å². The molecule has 332 valence electrons. The van der Waals surface area contributed by atoms with Gasteiger partial charge in [0.2, 0.25) is 35.4 Å². The fourth-order valence-corrected chi connectivity index (χ4v) is 8.27. The van der Waals surface area contributed by atoms with Crippen molar-refractivity contribution in [1.29, 1.82) is 0 Å². The summed E-state index contributed by atoms with van der Waals surface area (Å²) in [6, 6.07) is -2.11. The zero-order chi connectivity index (χ0) is 44.6. The van der Waals surface area contributed by atoms with Gasteiger partial charge in [0.25, 0.3) is 0 Å². The Morgan fingerprint density at radius 3 is 2.00 bits per heavy atom. The summed E-state index contributed by atoms with van der Waals surface area (Å²) in [5.41, 5.74) is -0.127. The number of aliphatic hydroxyl groups excluding tert-OH is 1. The van der Waals surface area contributed by atoms with Crippen LogP contribution in [0.2, 0.25) is 0 Å². The Kier molecular flexibility index (Phi) is 16.2. The predicted molar refractivity (Wildman–Crippen MR) is 218 cm³/mol. The molecule has 0 radical (unpaired) electrons. The number of rotatable bonds is 8. The van der Waals surface area contributed by atoms with Crippen LogP contribution in [0.4, 0.5) is 0 Å². The summed E-state index contributed by atoms with van der Waals surface area (Å²) >= 11 is 0. The van der Waals surface area contributed by atoms with Crippen LogP contribution in [0.1, 0.15) is 99.0 Å². The van der Waals surface area contributed by atoms with Crippen LogP contribution in [-0.4, -0.2) is 139 Å². The van der Waals surface area contributed by atoms with Crippen LogP contribution in [0.5, 0.6) is 5.75 Å². The highest BCUT2D eigenvalue weighted by molar-refractivity contribution is 5.98. The van der Waals surface area contributed by atoms with Crippen molar-refractivity contribution in [2.24, 2.45) is 11.8 Å². The lowest BCUT2D eigenvalue weighted by Gasteiger charge is -2.38. The highest BCUT2D eigenvalue weighted by Gasteiger charge is 2.45. The van der Waals surface area contributed by atoms with E-state index in [9.17, 15) is 53.7 Å². The maximum atomic E-state index is 14.6. The zero-order valence-electron chi connectivity index (χ0n) is 35.7. The van der Waals surface area contributed by atoms with Gasteiger partial charge >= 0.3 is 5.97 Å². The number of carboxylic acids is 1. The average Bonchev–Trinajstić information content (AvgIpc) is 3.83. The Morgan fingerprint density at radius 1 is 0.817 bits per heavy atom. The van der Waals surface area contributed by atoms with E-state index in [2.05, 4.69) is 26.6 Å². The molecule has 0 aromatic heterocycles. The van der Waals surface area contributed by atoms with Crippen molar-refractivity contribution in [3.8, 4) is 5.75 Å². The van der Waals surface area contributed by atoms with Gasteiger partial charge in [-0.25, -0.2) is 0 Å². The SMILES string of the molecule is CC(C)C[C@@H]1NC(=O)[C@H]2CCCN2C(=O)[C@H](Cc2ccc(O)cc2)NC(=O)[C@@H]2CCCN2[C@H](C(=O)NC(C)(C)C)[C@@H](C)NC(=O)[C@H]([C@@H](C)O)CC(=O)[C@H](CC(=O)O)NC1=O. The van der Waals surface area contributed by atoms with E-state index < -0.39 is 120 Å².